The van der Waals surface area contributed by atoms with E-state index in [-0.39, 0.29) is 17.5 Å². The van der Waals surface area contributed by atoms with Crippen molar-refractivity contribution < 1.29 is 18.7 Å². The summed E-state index contributed by atoms with van der Waals surface area (Å²) in [7, 11) is 3.11. The van der Waals surface area contributed by atoms with Crippen molar-refractivity contribution >= 4 is 34.1 Å². The summed E-state index contributed by atoms with van der Waals surface area (Å²) in [6.07, 6.45) is 3.85. The molecule has 2 aromatic rings. The van der Waals surface area contributed by atoms with Crippen LogP contribution in [-0.2, 0) is 4.79 Å². The molecular weight excluding hydrogens is 441 g/mol. The van der Waals surface area contributed by atoms with E-state index in [1.54, 1.807) is 38.5 Å². The molecule has 8 heteroatoms. The molecule has 1 amide bonds. The van der Waals surface area contributed by atoms with E-state index in [1.165, 1.54) is 23.9 Å². The summed E-state index contributed by atoms with van der Waals surface area (Å²) >= 11 is 1.33. The number of carbonyl (C=O) groups is 1. The second kappa shape index (κ2) is 9.95. The van der Waals surface area contributed by atoms with Gasteiger partial charge in [0.1, 0.15) is 10.9 Å². The van der Waals surface area contributed by atoms with Gasteiger partial charge in [0.05, 0.1) is 25.7 Å². The first-order valence-corrected chi connectivity index (χ1v) is 12.0. The molecule has 174 valence electrons. The topological polar surface area (TPSA) is 72.3 Å². The first kappa shape index (κ1) is 23.3. The number of thioether (sulfide) groups is 1. The van der Waals surface area contributed by atoms with E-state index in [2.05, 4.69) is 12.2 Å². The fraction of sp³-hybridized carbons (Fsp3) is 0.400. The van der Waals surface area contributed by atoms with Gasteiger partial charge in [-0.1, -0.05) is 30.8 Å². The molecule has 1 fully saturated rings. The predicted molar refractivity (Wildman–Crippen MR) is 131 cm³/mol. The summed E-state index contributed by atoms with van der Waals surface area (Å²) in [5.41, 5.74) is 1.49. The van der Waals surface area contributed by atoms with Gasteiger partial charge in [-0.15, -0.1) is 0 Å². The largest absolute Gasteiger partial charge is 0.493 e. The highest BCUT2D eigenvalue weighted by atomic mass is 32.2. The number of hydrogen-bond donors (Lipinski definition) is 1. The van der Waals surface area contributed by atoms with Gasteiger partial charge in [0.25, 0.3) is 0 Å². The fourth-order valence-electron chi connectivity index (χ4n) is 4.14. The lowest BCUT2D eigenvalue weighted by Crippen LogP contribution is -2.28. The van der Waals surface area contributed by atoms with Gasteiger partial charge in [-0.25, -0.2) is 9.38 Å². The van der Waals surface area contributed by atoms with Gasteiger partial charge in [0, 0.05) is 17.3 Å². The Morgan fingerprint density at radius 2 is 1.88 bits per heavy atom. The summed E-state index contributed by atoms with van der Waals surface area (Å²) in [5, 5.41) is 3.57. The summed E-state index contributed by atoms with van der Waals surface area (Å²) < 4.78 is 24.5. The minimum Gasteiger partial charge on any atom is -0.493 e. The molecule has 1 spiro atoms. The molecule has 1 aliphatic heterocycles. The lowest BCUT2D eigenvalue weighted by molar-refractivity contribution is -0.113. The predicted octanol–water partition coefficient (Wildman–Crippen LogP) is 5.32. The van der Waals surface area contributed by atoms with Crippen molar-refractivity contribution in [2.75, 3.05) is 25.3 Å². The van der Waals surface area contributed by atoms with Crippen molar-refractivity contribution in [2.24, 2.45) is 15.9 Å². The average molecular weight is 470 g/mol. The number of anilines is 1. The second-order valence-corrected chi connectivity index (χ2v) is 9.42. The van der Waals surface area contributed by atoms with Crippen molar-refractivity contribution in [1.82, 2.24) is 0 Å². The van der Waals surface area contributed by atoms with Crippen LogP contribution in [0.4, 0.5) is 10.1 Å². The molecule has 0 unspecified atom stereocenters. The molecule has 1 N–H and O–H groups in total. The van der Waals surface area contributed by atoms with Crippen LogP contribution in [0.1, 0.15) is 38.2 Å². The molecule has 0 saturated heterocycles. The monoisotopic (exact) mass is 469 g/mol. The van der Waals surface area contributed by atoms with Crippen LogP contribution in [0.25, 0.3) is 0 Å². The molecule has 6 nitrogen and oxygen atoms in total. The highest BCUT2D eigenvalue weighted by molar-refractivity contribution is 8.16. The number of nitrogens with one attached hydrogen (secondary N) is 1. The molecule has 2 aliphatic rings. The summed E-state index contributed by atoms with van der Waals surface area (Å²) in [6.45, 7) is 2.25. The summed E-state index contributed by atoms with van der Waals surface area (Å²) in [6, 6.07) is 11.6. The third-order valence-corrected chi connectivity index (χ3v) is 6.98. The van der Waals surface area contributed by atoms with Crippen LogP contribution < -0.4 is 14.8 Å². The average Bonchev–Trinajstić information content (AvgIpc) is 3.18. The maximum Gasteiger partial charge on any atom is 0.234 e. The fourth-order valence-corrected chi connectivity index (χ4v) is 5.02. The second-order valence-electron chi connectivity index (χ2n) is 8.46. The van der Waals surface area contributed by atoms with E-state index in [0.717, 1.165) is 25.7 Å². The number of amides is 1. The minimum atomic E-state index is -0.490. The quantitative estimate of drug-likeness (QED) is 0.621. The zero-order valence-electron chi connectivity index (χ0n) is 19.1. The van der Waals surface area contributed by atoms with Gasteiger partial charge in [-0.3, -0.25) is 9.79 Å². The van der Waals surface area contributed by atoms with Crippen molar-refractivity contribution in [2.45, 2.75) is 38.3 Å². The van der Waals surface area contributed by atoms with Crippen molar-refractivity contribution in [3.05, 3.63) is 53.8 Å². The third-order valence-electron chi connectivity index (χ3n) is 6.01. The Hall–Kier alpha value is -2.87. The van der Waals surface area contributed by atoms with E-state index in [4.69, 9.17) is 19.5 Å². The van der Waals surface area contributed by atoms with Gasteiger partial charge in [0.2, 0.25) is 5.91 Å². The van der Waals surface area contributed by atoms with E-state index < -0.39 is 5.66 Å². The molecule has 0 aromatic heterocycles. The summed E-state index contributed by atoms with van der Waals surface area (Å²) in [5.74, 6) is 1.46. The molecule has 1 aliphatic carbocycles. The first-order valence-electron chi connectivity index (χ1n) is 11.0. The summed E-state index contributed by atoms with van der Waals surface area (Å²) in [4.78, 5) is 22.6. The van der Waals surface area contributed by atoms with Crippen molar-refractivity contribution in [3.8, 4) is 11.5 Å². The van der Waals surface area contributed by atoms with Crippen LogP contribution in [0.2, 0.25) is 0 Å². The molecule has 2 aromatic carbocycles. The van der Waals surface area contributed by atoms with E-state index in [9.17, 15) is 9.18 Å². The highest BCUT2D eigenvalue weighted by Gasteiger charge is 2.39. The van der Waals surface area contributed by atoms with E-state index >= 15 is 0 Å². The molecule has 4 rings (SSSR count). The number of ether oxygens (including phenoxy) is 2. The number of aliphatic imine (C=N–C) groups is 2. The molecular formula is C25H28FN3O3S. The Labute approximate surface area is 197 Å². The van der Waals surface area contributed by atoms with Crippen LogP contribution in [-0.4, -0.2) is 42.3 Å². The molecule has 0 bridgehead atoms. The van der Waals surface area contributed by atoms with Gasteiger partial charge < -0.3 is 14.8 Å². The maximum atomic E-state index is 13.9. The minimum absolute atomic E-state index is 0.161. The van der Waals surface area contributed by atoms with E-state index in [1.807, 2.05) is 6.07 Å². The highest BCUT2D eigenvalue weighted by Crippen LogP contribution is 2.40. The number of carbonyl (C=O) groups excluding carboxylic acids is 1. The van der Waals surface area contributed by atoms with E-state index in [0.29, 0.717) is 39.4 Å². The van der Waals surface area contributed by atoms with Crippen LogP contribution >= 0.6 is 11.8 Å². The Bertz CT molecular complexity index is 1090. The first-order chi connectivity index (χ1) is 15.9. The lowest BCUT2D eigenvalue weighted by Gasteiger charge is -2.30. The molecule has 1 saturated carbocycles. The SMILES string of the molecule is COc1ccc(NC(=O)CSC2=NC3(CCC(C)CC3)N=C2c2cccc(F)c2)cc1OC. The lowest BCUT2D eigenvalue weighted by atomic mass is 9.83. The zero-order valence-corrected chi connectivity index (χ0v) is 19.9. The van der Waals surface area contributed by atoms with Crippen LogP contribution in [0.3, 0.4) is 0 Å². The molecule has 33 heavy (non-hydrogen) atoms. The maximum absolute atomic E-state index is 13.9. The molecule has 0 radical (unpaired) electrons. The smallest absolute Gasteiger partial charge is 0.234 e. The third kappa shape index (κ3) is 5.38. The standard InChI is InChI=1S/C25H28FN3O3S/c1-16-9-11-25(12-10-16)28-23(17-5-4-6-18(26)13-17)24(29-25)33-15-22(30)27-19-7-8-20(31-2)21(14-19)32-3/h4-8,13-14,16H,9-12,15H2,1-3H3,(H,27,30). The van der Waals surface area contributed by atoms with Gasteiger partial charge in [0.15, 0.2) is 17.2 Å². The number of methoxy groups -OCH3 is 2. The molecule has 0 atom stereocenters. The van der Waals surface area contributed by atoms with Crippen LogP contribution in [0.5, 0.6) is 11.5 Å². The molecule has 1 heterocycles. The zero-order chi connectivity index (χ0) is 23.4. The van der Waals surface area contributed by atoms with Crippen molar-refractivity contribution in [1.29, 1.82) is 0 Å². The van der Waals surface area contributed by atoms with Crippen LogP contribution in [0.15, 0.2) is 52.4 Å². The number of nitrogens with zero attached hydrogens (tertiary/aromatic N) is 2. The number of benzene rings is 2. The number of halogens is 1. The number of hydrogen-bond acceptors (Lipinski definition) is 6. The van der Waals surface area contributed by atoms with Gasteiger partial charge in [-0.2, -0.15) is 0 Å². The van der Waals surface area contributed by atoms with Gasteiger partial charge >= 0.3 is 0 Å². The Morgan fingerprint density at radius 1 is 1.12 bits per heavy atom. The Morgan fingerprint density at radius 3 is 2.58 bits per heavy atom. The Balaban J connectivity index is 1.49. The van der Waals surface area contributed by atoms with Crippen LogP contribution in [0, 0.1) is 11.7 Å². The van der Waals surface area contributed by atoms with Gasteiger partial charge in [-0.05, 0) is 55.9 Å². The normalized spacial score (nSPS) is 22.0. The number of rotatable bonds is 6. The van der Waals surface area contributed by atoms with Crippen molar-refractivity contribution in [3.63, 3.8) is 0 Å². The Kier molecular flexibility index (Phi) is 7.02.